The highest BCUT2D eigenvalue weighted by Crippen LogP contribution is 2.23. The van der Waals surface area contributed by atoms with Gasteiger partial charge in [-0.15, -0.1) is 0 Å². The molecule has 1 aromatic rings. The van der Waals surface area contributed by atoms with Crippen molar-refractivity contribution in [3.63, 3.8) is 0 Å². The third kappa shape index (κ3) is 2.86. The van der Waals surface area contributed by atoms with Crippen LogP contribution in [0.25, 0.3) is 0 Å². The van der Waals surface area contributed by atoms with Crippen LogP contribution in [-0.2, 0) is 10.0 Å². The molecule has 0 aromatic heterocycles. The zero-order valence-corrected chi connectivity index (χ0v) is 10.8. The second-order valence-electron chi connectivity index (χ2n) is 4.26. The van der Waals surface area contributed by atoms with Gasteiger partial charge in [0.15, 0.2) is 0 Å². The molecule has 0 bridgehead atoms. The van der Waals surface area contributed by atoms with Crippen molar-refractivity contribution in [2.24, 2.45) is 0 Å². The third-order valence-electron chi connectivity index (χ3n) is 3.12. The molecule has 4 nitrogen and oxygen atoms in total. The van der Waals surface area contributed by atoms with Gasteiger partial charge in [0.25, 0.3) is 0 Å². The van der Waals surface area contributed by atoms with Gasteiger partial charge in [-0.05, 0) is 12.5 Å². The third-order valence-corrected chi connectivity index (χ3v) is 5.05. The van der Waals surface area contributed by atoms with Crippen molar-refractivity contribution in [2.75, 3.05) is 25.4 Å². The molecule has 1 N–H and O–H groups in total. The summed E-state index contributed by atoms with van der Waals surface area (Å²) >= 11 is 0. The first kappa shape index (κ1) is 12.5. The van der Waals surface area contributed by atoms with E-state index in [0.717, 1.165) is 12.1 Å². The highest BCUT2D eigenvalue weighted by atomic mass is 32.2. The Morgan fingerprint density at radius 2 is 1.94 bits per heavy atom. The molecular weight excluding hydrogens is 236 g/mol. The molecule has 0 amide bonds. The number of nitrogens with one attached hydrogen (secondary N) is 1. The van der Waals surface area contributed by atoms with Gasteiger partial charge < -0.3 is 5.32 Å². The van der Waals surface area contributed by atoms with E-state index in [1.165, 1.54) is 0 Å². The topological polar surface area (TPSA) is 49.4 Å². The Hall–Kier alpha value is -0.910. The van der Waals surface area contributed by atoms with Crippen LogP contribution in [0.4, 0.5) is 0 Å². The van der Waals surface area contributed by atoms with Gasteiger partial charge in [-0.25, -0.2) is 8.42 Å². The number of sulfonamides is 1. The zero-order chi connectivity index (χ0) is 12.3. The van der Waals surface area contributed by atoms with E-state index in [1.54, 1.807) is 4.31 Å². The van der Waals surface area contributed by atoms with E-state index >= 15 is 0 Å². The molecule has 0 saturated carbocycles. The van der Waals surface area contributed by atoms with Crippen LogP contribution < -0.4 is 5.32 Å². The summed E-state index contributed by atoms with van der Waals surface area (Å²) in [5, 5.41) is 3.12. The van der Waals surface area contributed by atoms with E-state index in [2.05, 4.69) is 5.32 Å². The number of rotatable bonds is 2. The fourth-order valence-electron chi connectivity index (χ4n) is 2.10. The predicted octanol–water partition coefficient (Wildman–Crippen LogP) is 0.983. The van der Waals surface area contributed by atoms with Crippen molar-refractivity contribution in [2.45, 2.75) is 13.0 Å². The van der Waals surface area contributed by atoms with E-state index in [0.29, 0.717) is 13.1 Å². The summed E-state index contributed by atoms with van der Waals surface area (Å²) in [7, 11) is -3.14. The Morgan fingerprint density at radius 3 is 2.65 bits per heavy atom. The van der Waals surface area contributed by atoms with E-state index < -0.39 is 10.0 Å². The van der Waals surface area contributed by atoms with Gasteiger partial charge in [0, 0.05) is 25.7 Å². The molecule has 17 heavy (non-hydrogen) atoms. The van der Waals surface area contributed by atoms with E-state index in [1.807, 2.05) is 37.3 Å². The van der Waals surface area contributed by atoms with Crippen LogP contribution in [0.1, 0.15) is 18.5 Å². The summed E-state index contributed by atoms with van der Waals surface area (Å²) in [6.07, 6.45) is 0. The number of hydrogen-bond donors (Lipinski definition) is 1. The zero-order valence-electron chi connectivity index (χ0n) is 9.96. The Kier molecular flexibility index (Phi) is 3.81. The maximum Gasteiger partial charge on any atom is 0.215 e. The second-order valence-corrected chi connectivity index (χ2v) is 6.30. The van der Waals surface area contributed by atoms with Gasteiger partial charge in [-0.2, -0.15) is 4.31 Å². The summed E-state index contributed by atoms with van der Waals surface area (Å²) in [5.74, 6) is 0.185. The Morgan fingerprint density at radius 1 is 1.24 bits per heavy atom. The maximum absolute atomic E-state index is 12.1. The lowest BCUT2D eigenvalue weighted by atomic mass is 10.1. The average molecular weight is 254 g/mol. The van der Waals surface area contributed by atoms with Crippen molar-refractivity contribution in [3.8, 4) is 0 Å². The van der Waals surface area contributed by atoms with Crippen LogP contribution in [0, 0.1) is 0 Å². The summed E-state index contributed by atoms with van der Waals surface area (Å²) in [5.41, 5.74) is 1.04. The van der Waals surface area contributed by atoms with Crippen LogP contribution >= 0.6 is 0 Å². The molecule has 0 spiro atoms. The first-order chi connectivity index (χ1) is 8.11. The van der Waals surface area contributed by atoms with Crippen LogP contribution in [-0.4, -0.2) is 38.1 Å². The average Bonchev–Trinajstić information content (AvgIpc) is 2.50. The first-order valence-corrected chi connectivity index (χ1v) is 7.47. The molecule has 0 aliphatic carbocycles. The molecule has 2 rings (SSSR count). The van der Waals surface area contributed by atoms with Crippen LogP contribution in [0.3, 0.4) is 0 Å². The standard InChI is InChI=1S/C12H18N2O2S/c1-11(12-5-3-2-4-6-12)14-9-7-13-8-10-17(14,15)16/h2-6,11,13H,7-10H2,1H3. The lowest BCUT2D eigenvalue weighted by Crippen LogP contribution is -2.35. The molecule has 1 aromatic carbocycles. The lowest BCUT2D eigenvalue weighted by molar-refractivity contribution is 0.350. The van der Waals surface area contributed by atoms with E-state index in [9.17, 15) is 8.42 Å². The number of benzene rings is 1. The minimum atomic E-state index is -3.14. The van der Waals surface area contributed by atoms with Crippen LogP contribution in [0.5, 0.6) is 0 Å². The fraction of sp³-hybridized carbons (Fsp3) is 0.500. The smallest absolute Gasteiger partial charge is 0.215 e. The largest absolute Gasteiger partial charge is 0.314 e. The predicted molar refractivity (Wildman–Crippen MR) is 68.2 cm³/mol. The van der Waals surface area contributed by atoms with Gasteiger partial charge in [-0.1, -0.05) is 30.3 Å². The molecule has 1 heterocycles. The first-order valence-electron chi connectivity index (χ1n) is 5.86. The molecule has 1 atom stereocenters. The molecule has 1 saturated heterocycles. The van der Waals surface area contributed by atoms with Gasteiger partial charge in [0.2, 0.25) is 10.0 Å². The highest BCUT2D eigenvalue weighted by molar-refractivity contribution is 7.89. The molecule has 1 unspecified atom stereocenters. The molecule has 5 heteroatoms. The minimum Gasteiger partial charge on any atom is -0.314 e. The van der Waals surface area contributed by atoms with Crippen molar-refractivity contribution >= 4 is 10.0 Å². The fourth-order valence-corrected chi connectivity index (χ4v) is 3.71. The Labute approximate surface area is 103 Å². The van der Waals surface area contributed by atoms with Gasteiger partial charge in [0.1, 0.15) is 0 Å². The number of nitrogens with zero attached hydrogens (tertiary/aromatic N) is 1. The monoisotopic (exact) mass is 254 g/mol. The summed E-state index contributed by atoms with van der Waals surface area (Å²) in [6, 6.07) is 9.66. The number of hydrogen-bond acceptors (Lipinski definition) is 3. The molecule has 1 aliphatic rings. The summed E-state index contributed by atoms with van der Waals surface area (Å²) in [6.45, 7) is 3.74. The van der Waals surface area contributed by atoms with Crippen molar-refractivity contribution in [1.82, 2.24) is 9.62 Å². The Bertz CT molecular complexity index is 459. The lowest BCUT2D eigenvalue weighted by Gasteiger charge is -2.26. The summed E-state index contributed by atoms with van der Waals surface area (Å²) < 4.78 is 25.8. The highest BCUT2D eigenvalue weighted by Gasteiger charge is 2.29. The van der Waals surface area contributed by atoms with Crippen molar-refractivity contribution in [1.29, 1.82) is 0 Å². The minimum absolute atomic E-state index is 0.0962. The van der Waals surface area contributed by atoms with E-state index in [-0.39, 0.29) is 11.8 Å². The SMILES string of the molecule is CC(c1ccccc1)N1CCNCCS1(=O)=O. The van der Waals surface area contributed by atoms with Gasteiger partial charge in [0.05, 0.1) is 5.75 Å². The van der Waals surface area contributed by atoms with Gasteiger partial charge >= 0.3 is 0 Å². The molecule has 0 radical (unpaired) electrons. The molecule has 1 aliphatic heterocycles. The van der Waals surface area contributed by atoms with Crippen molar-refractivity contribution < 1.29 is 8.42 Å². The quantitative estimate of drug-likeness (QED) is 0.856. The van der Waals surface area contributed by atoms with Crippen molar-refractivity contribution in [3.05, 3.63) is 35.9 Å². The van der Waals surface area contributed by atoms with Crippen LogP contribution in [0.15, 0.2) is 30.3 Å². The van der Waals surface area contributed by atoms with E-state index in [4.69, 9.17) is 0 Å². The van der Waals surface area contributed by atoms with Gasteiger partial charge in [-0.3, -0.25) is 0 Å². The van der Waals surface area contributed by atoms with Crippen LogP contribution in [0.2, 0.25) is 0 Å². The molecular formula is C12H18N2O2S. The second kappa shape index (κ2) is 5.16. The molecule has 1 fully saturated rings. The summed E-state index contributed by atoms with van der Waals surface area (Å²) in [4.78, 5) is 0. The normalized spacial score (nSPS) is 22.9. The molecule has 94 valence electrons. The maximum atomic E-state index is 12.1. The Balaban J connectivity index is 2.26.